The van der Waals surface area contributed by atoms with Crippen molar-refractivity contribution in [3.05, 3.63) is 66.8 Å². The van der Waals surface area contributed by atoms with Crippen LogP contribution in [-0.4, -0.2) is 38.4 Å². The smallest absolute Gasteiger partial charge is 0.310 e. The Bertz CT molecular complexity index is 901. The Labute approximate surface area is 167 Å². The number of fused-ring (bicyclic) bond motifs is 1. The zero-order valence-corrected chi connectivity index (χ0v) is 17.2. The lowest BCUT2D eigenvalue weighted by atomic mass is 9.93. The Balaban J connectivity index is 2.11. The summed E-state index contributed by atoms with van der Waals surface area (Å²) in [6.07, 6.45) is 6.81. The monoisotopic (exact) mass is 401 g/mol. The van der Waals surface area contributed by atoms with E-state index in [0.717, 1.165) is 11.1 Å². The fourth-order valence-electron chi connectivity index (χ4n) is 4.42. The number of esters is 1. The molecule has 0 bridgehead atoms. The second-order valence-corrected chi connectivity index (χ2v) is 9.35. The number of benzene rings is 1. The van der Waals surface area contributed by atoms with E-state index in [0.29, 0.717) is 19.4 Å². The average Bonchev–Trinajstić information content (AvgIpc) is 2.93. The summed E-state index contributed by atoms with van der Waals surface area (Å²) in [7, 11) is -2.43. The van der Waals surface area contributed by atoms with Crippen LogP contribution < -0.4 is 0 Å². The van der Waals surface area contributed by atoms with Gasteiger partial charge in [-0.05, 0) is 43.7 Å². The fraction of sp³-hybridized carbons (Fsp3) is 0.409. The minimum Gasteiger partial charge on any atom is -0.469 e. The van der Waals surface area contributed by atoms with Gasteiger partial charge in [0.2, 0.25) is 10.0 Å². The van der Waals surface area contributed by atoms with Crippen LogP contribution in [0.2, 0.25) is 0 Å². The van der Waals surface area contributed by atoms with E-state index in [4.69, 9.17) is 4.74 Å². The third kappa shape index (κ3) is 3.59. The van der Waals surface area contributed by atoms with Crippen molar-refractivity contribution in [1.82, 2.24) is 4.31 Å². The number of nitrogens with zero attached hydrogens (tertiary/aromatic N) is 1. The van der Waals surface area contributed by atoms with Gasteiger partial charge in [0.15, 0.2) is 0 Å². The molecule has 1 heterocycles. The van der Waals surface area contributed by atoms with E-state index in [1.165, 1.54) is 11.4 Å². The number of ether oxygens (including phenoxy) is 1. The number of hydrogen-bond acceptors (Lipinski definition) is 4. The van der Waals surface area contributed by atoms with Crippen molar-refractivity contribution in [3.8, 4) is 0 Å². The summed E-state index contributed by atoms with van der Waals surface area (Å²) < 4.78 is 33.6. The maximum atomic E-state index is 13.5. The molecular formula is C22H27NO4S. The Morgan fingerprint density at radius 3 is 2.50 bits per heavy atom. The lowest BCUT2D eigenvalue weighted by Gasteiger charge is -2.33. The van der Waals surface area contributed by atoms with Crippen molar-refractivity contribution >= 4 is 16.0 Å². The number of rotatable bonds is 5. The van der Waals surface area contributed by atoms with E-state index < -0.39 is 28.0 Å². The van der Waals surface area contributed by atoms with Crippen molar-refractivity contribution in [1.29, 1.82) is 0 Å². The number of hydrogen-bond donors (Lipinski definition) is 0. The number of carbonyl (C=O) groups is 1. The highest BCUT2D eigenvalue weighted by atomic mass is 32.2. The number of sulfonamides is 1. The van der Waals surface area contributed by atoms with Crippen LogP contribution in [0.25, 0.3) is 0 Å². The topological polar surface area (TPSA) is 63.7 Å². The molecule has 3 rings (SSSR count). The van der Waals surface area contributed by atoms with Gasteiger partial charge < -0.3 is 4.74 Å². The first kappa shape index (κ1) is 20.6. The molecule has 0 amide bonds. The van der Waals surface area contributed by atoms with Gasteiger partial charge in [-0.1, -0.05) is 48.1 Å². The summed E-state index contributed by atoms with van der Waals surface area (Å²) in [6.45, 7) is 9.94. The van der Waals surface area contributed by atoms with E-state index in [-0.39, 0.29) is 16.7 Å². The summed E-state index contributed by atoms with van der Waals surface area (Å²) in [5, 5.41) is 0. The summed E-state index contributed by atoms with van der Waals surface area (Å²) in [5.74, 6) is -1.20. The van der Waals surface area contributed by atoms with Crippen LogP contribution in [0.1, 0.15) is 18.4 Å². The van der Waals surface area contributed by atoms with Crippen LogP contribution in [0.5, 0.6) is 0 Å². The maximum absolute atomic E-state index is 13.5. The number of allylic oxidation sites excluding steroid dienone is 2. The molecule has 1 aromatic rings. The minimum atomic E-state index is -3.77. The molecule has 5 nitrogen and oxygen atoms in total. The van der Waals surface area contributed by atoms with Crippen LogP contribution in [0.15, 0.2) is 66.1 Å². The molecule has 0 aromatic heterocycles. The summed E-state index contributed by atoms with van der Waals surface area (Å²) in [6, 6.07) is 6.32. The van der Waals surface area contributed by atoms with Gasteiger partial charge >= 0.3 is 5.97 Å². The molecule has 0 unspecified atom stereocenters. The number of aryl methyl sites for hydroxylation is 1. The highest BCUT2D eigenvalue weighted by Crippen LogP contribution is 2.45. The number of methoxy groups -OCH3 is 1. The molecule has 1 aliphatic carbocycles. The van der Waals surface area contributed by atoms with Crippen LogP contribution in [-0.2, 0) is 19.6 Å². The Hall–Kier alpha value is -2.18. The Morgan fingerprint density at radius 2 is 1.93 bits per heavy atom. The molecule has 1 aliphatic heterocycles. The first-order valence-corrected chi connectivity index (χ1v) is 10.9. The SMILES string of the molecule is C=CC1=C[C@@H]2C[C@H](C=C)[C@@H](C(=O)OC)[C@@H]2N(S(=O)(=O)c2ccc(C)cc2)CC1. The average molecular weight is 402 g/mol. The third-order valence-corrected chi connectivity index (χ3v) is 7.77. The van der Waals surface area contributed by atoms with Crippen LogP contribution in [0, 0.1) is 24.7 Å². The molecule has 0 radical (unpaired) electrons. The second-order valence-electron chi connectivity index (χ2n) is 7.46. The fourth-order valence-corrected chi connectivity index (χ4v) is 6.11. The van der Waals surface area contributed by atoms with Crippen LogP contribution in [0.3, 0.4) is 0 Å². The highest BCUT2D eigenvalue weighted by Gasteiger charge is 2.52. The van der Waals surface area contributed by atoms with Gasteiger partial charge in [-0.15, -0.1) is 6.58 Å². The predicted octanol–water partition coefficient (Wildman–Crippen LogP) is 3.48. The van der Waals surface area contributed by atoms with Crippen molar-refractivity contribution in [3.63, 3.8) is 0 Å². The summed E-state index contributed by atoms with van der Waals surface area (Å²) in [5.41, 5.74) is 1.99. The lowest BCUT2D eigenvalue weighted by molar-refractivity contribution is -0.147. The van der Waals surface area contributed by atoms with Gasteiger partial charge in [0.1, 0.15) is 0 Å². The highest BCUT2D eigenvalue weighted by molar-refractivity contribution is 7.89. The second kappa shape index (κ2) is 8.05. The molecule has 150 valence electrons. The molecule has 0 spiro atoms. The molecule has 0 saturated heterocycles. The molecule has 1 saturated carbocycles. The standard InChI is InChI=1S/C22H27NO4S/c1-5-16-11-12-23(28(25,26)19-9-7-15(3)8-10-19)21-18(13-16)14-17(6-2)20(21)22(24)27-4/h5-10,13,17-18,20-21H,1-2,11-12,14H2,3-4H3/t17-,18+,20+,21+/m0/s1. The van der Waals surface area contributed by atoms with Crippen molar-refractivity contribution < 1.29 is 17.9 Å². The molecule has 0 N–H and O–H groups in total. The van der Waals surface area contributed by atoms with Crippen molar-refractivity contribution in [2.24, 2.45) is 17.8 Å². The Morgan fingerprint density at radius 1 is 1.25 bits per heavy atom. The minimum absolute atomic E-state index is 0.0946. The zero-order chi connectivity index (χ0) is 20.5. The molecule has 28 heavy (non-hydrogen) atoms. The molecule has 1 aromatic carbocycles. The van der Waals surface area contributed by atoms with E-state index in [1.807, 2.05) is 6.92 Å². The van der Waals surface area contributed by atoms with E-state index >= 15 is 0 Å². The zero-order valence-electron chi connectivity index (χ0n) is 16.4. The normalized spacial score (nSPS) is 28.0. The van der Waals surface area contributed by atoms with Gasteiger partial charge in [-0.2, -0.15) is 4.31 Å². The molecule has 1 fully saturated rings. The first-order chi connectivity index (χ1) is 13.3. The number of carbonyl (C=O) groups excluding carboxylic acids is 1. The molecule has 4 atom stereocenters. The van der Waals surface area contributed by atoms with Crippen molar-refractivity contribution in [2.75, 3.05) is 13.7 Å². The first-order valence-electron chi connectivity index (χ1n) is 9.45. The predicted molar refractivity (Wildman–Crippen MR) is 109 cm³/mol. The molecule has 2 aliphatic rings. The van der Waals surface area contributed by atoms with E-state index in [1.54, 1.807) is 36.4 Å². The van der Waals surface area contributed by atoms with Gasteiger partial charge in [-0.3, -0.25) is 4.79 Å². The van der Waals surface area contributed by atoms with Crippen LogP contribution in [0.4, 0.5) is 0 Å². The largest absolute Gasteiger partial charge is 0.469 e. The summed E-state index contributed by atoms with van der Waals surface area (Å²) >= 11 is 0. The summed E-state index contributed by atoms with van der Waals surface area (Å²) in [4.78, 5) is 12.9. The van der Waals surface area contributed by atoms with E-state index in [9.17, 15) is 13.2 Å². The van der Waals surface area contributed by atoms with E-state index in [2.05, 4.69) is 19.2 Å². The van der Waals surface area contributed by atoms with Gasteiger partial charge in [0.05, 0.1) is 17.9 Å². The van der Waals surface area contributed by atoms with Gasteiger partial charge in [0, 0.05) is 12.6 Å². The molecule has 6 heteroatoms. The maximum Gasteiger partial charge on any atom is 0.310 e. The van der Waals surface area contributed by atoms with Crippen LogP contribution >= 0.6 is 0 Å². The van der Waals surface area contributed by atoms with Gasteiger partial charge in [0.25, 0.3) is 0 Å². The lowest BCUT2D eigenvalue weighted by Crippen LogP contribution is -2.48. The van der Waals surface area contributed by atoms with Crippen molar-refractivity contribution in [2.45, 2.75) is 30.7 Å². The third-order valence-electron chi connectivity index (χ3n) is 5.86. The van der Waals surface area contributed by atoms with Gasteiger partial charge in [-0.25, -0.2) is 8.42 Å². The quantitative estimate of drug-likeness (QED) is 0.560. The molecular weight excluding hydrogens is 374 g/mol. The Kier molecular flexibility index (Phi) is 5.91.